The Morgan fingerprint density at radius 3 is 0.836 bits per heavy atom. The number of nitrogens with zero attached hydrogens (tertiary/aromatic N) is 3. The molecule has 73 heavy (non-hydrogen) atoms. The summed E-state index contributed by atoms with van der Waals surface area (Å²) in [4.78, 5) is 11.9. The zero-order chi connectivity index (χ0) is 47.2. The molecule has 0 amide bonds. The third-order valence-electron chi connectivity index (χ3n) is 19.4. The summed E-state index contributed by atoms with van der Waals surface area (Å²) in [5, 5.41) is 5.17. The maximum atomic E-state index is 5.95. The van der Waals surface area contributed by atoms with Crippen LogP contribution in [-0.4, -0.2) is 14.4 Å². The van der Waals surface area contributed by atoms with Gasteiger partial charge in [-0.1, -0.05) is 212 Å². The quantitative estimate of drug-likeness (QED) is 0.152. The second kappa shape index (κ2) is 12.4. The molecule has 0 saturated carbocycles. The van der Waals surface area contributed by atoms with E-state index in [1.807, 2.05) is 0 Å². The molecule has 3 heteroatoms. The Morgan fingerprint density at radius 1 is 0.288 bits per heavy atom. The summed E-state index contributed by atoms with van der Waals surface area (Å²) in [5.41, 5.74) is 28.2. The van der Waals surface area contributed by atoms with E-state index in [4.69, 9.17) is 9.97 Å². The predicted octanol–water partition coefficient (Wildman–Crippen LogP) is 15.7. The molecule has 13 aromatic rings. The van der Waals surface area contributed by atoms with Crippen LogP contribution in [0.1, 0.15) is 79.9 Å². The van der Waals surface area contributed by atoms with Crippen molar-refractivity contribution in [2.45, 2.75) is 34.5 Å². The molecule has 336 valence electrons. The first kappa shape index (κ1) is 37.8. The molecule has 6 aliphatic rings. The normalized spacial score (nSPS) is 17.1. The van der Waals surface area contributed by atoms with Gasteiger partial charge in [0.05, 0.1) is 62.0 Å². The van der Waals surface area contributed by atoms with Crippen LogP contribution >= 0.6 is 0 Å². The molecule has 0 unspecified atom stereocenters. The lowest BCUT2D eigenvalue weighted by Gasteiger charge is -2.33. The number of para-hydroxylation sites is 1. The predicted molar refractivity (Wildman–Crippen MR) is 293 cm³/mol. The number of benzene rings is 9. The molecule has 3 nitrogen and oxygen atoms in total. The third-order valence-corrected chi connectivity index (χ3v) is 19.4. The maximum absolute atomic E-state index is 5.95. The van der Waals surface area contributed by atoms with Crippen molar-refractivity contribution in [1.82, 2.24) is 14.4 Å². The van der Waals surface area contributed by atoms with Crippen LogP contribution in [0, 0.1) is 0 Å². The molecule has 4 spiro atoms. The first-order valence-corrected chi connectivity index (χ1v) is 26.0. The minimum atomic E-state index is -0.482. The minimum Gasteiger partial charge on any atom is -0.305 e. The van der Waals surface area contributed by atoms with Gasteiger partial charge in [-0.05, 0) is 102 Å². The Labute approximate surface area is 421 Å². The molecule has 19 rings (SSSR count). The molecule has 0 radical (unpaired) electrons. The van der Waals surface area contributed by atoms with Crippen molar-refractivity contribution in [3.05, 3.63) is 292 Å². The molecule has 9 aromatic carbocycles. The molecular weight excluding hydrogens is 883 g/mol. The number of hydrogen-bond acceptors (Lipinski definition) is 2. The molecule has 4 aromatic heterocycles. The van der Waals surface area contributed by atoms with E-state index in [9.17, 15) is 0 Å². The second-order valence-electron chi connectivity index (χ2n) is 21.9. The van der Waals surface area contributed by atoms with Crippen LogP contribution in [-0.2, 0) is 21.7 Å². The smallest absolute Gasteiger partial charge is 0.0729 e. The van der Waals surface area contributed by atoms with E-state index in [0.717, 1.165) is 23.9 Å². The van der Waals surface area contributed by atoms with E-state index in [0.29, 0.717) is 0 Å². The molecule has 0 atom stereocenters. The first-order valence-electron chi connectivity index (χ1n) is 26.0. The van der Waals surface area contributed by atoms with Crippen LogP contribution in [0.15, 0.2) is 225 Å². The fourth-order valence-corrected chi connectivity index (χ4v) is 17.2. The van der Waals surface area contributed by atoms with E-state index < -0.39 is 21.7 Å². The summed E-state index contributed by atoms with van der Waals surface area (Å²) in [6.45, 7) is 0. The lowest BCUT2D eigenvalue weighted by molar-refractivity contribution is 0.511. The average Bonchev–Trinajstić information content (AvgIpc) is 4.34. The van der Waals surface area contributed by atoms with Crippen molar-refractivity contribution >= 4 is 38.1 Å². The zero-order valence-corrected chi connectivity index (χ0v) is 39.6. The van der Waals surface area contributed by atoms with Gasteiger partial charge in [-0.2, -0.15) is 0 Å². The van der Waals surface area contributed by atoms with Crippen LogP contribution in [0.25, 0.3) is 82.6 Å². The van der Waals surface area contributed by atoms with Gasteiger partial charge in [0.25, 0.3) is 0 Å². The summed E-state index contributed by atoms with van der Waals surface area (Å²) in [7, 11) is 0. The van der Waals surface area contributed by atoms with Crippen LogP contribution in [0.5, 0.6) is 0 Å². The van der Waals surface area contributed by atoms with Crippen molar-refractivity contribution in [3.63, 3.8) is 0 Å². The van der Waals surface area contributed by atoms with Crippen molar-refractivity contribution in [3.8, 4) is 44.5 Å². The minimum absolute atomic E-state index is 0.477. The maximum Gasteiger partial charge on any atom is 0.0729 e. The van der Waals surface area contributed by atoms with Gasteiger partial charge in [-0.15, -0.1) is 0 Å². The highest BCUT2D eigenvalue weighted by Gasteiger charge is 2.65. The highest BCUT2D eigenvalue weighted by molar-refractivity contribution is 6.26. The van der Waals surface area contributed by atoms with Crippen LogP contribution in [0.2, 0.25) is 0 Å². The van der Waals surface area contributed by atoms with E-state index in [2.05, 4.69) is 229 Å². The number of pyridine rings is 2. The number of aromatic nitrogens is 3. The Bertz CT molecular complexity index is 4250. The van der Waals surface area contributed by atoms with Crippen LogP contribution in [0.3, 0.4) is 0 Å². The third kappa shape index (κ3) is 3.85. The average molecular weight is 924 g/mol. The van der Waals surface area contributed by atoms with Crippen LogP contribution in [0.4, 0.5) is 0 Å². The molecule has 0 N–H and O–H groups in total. The monoisotopic (exact) mass is 923 g/mol. The summed E-state index contributed by atoms with van der Waals surface area (Å²) >= 11 is 0. The molecule has 0 aliphatic heterocycles. The van der Waals surface area contributed by atoms with Crippen molar-refractivity contribution < 1.29 is 0 Å². The van der Waals surface area contributed by atoms with Gasteiger partial charge in [0.2, 0.25) is 0 Å². The largest absolute Gasteiger partial charge is 0.305 e. The van der Waals surface area contributed by atoms with E-state index in [1.165, 1.54) is 139 Å². The summed E-state index contributed by atoms with van der Waals surface area (Å²) in [6.07, 6.45) is 6.21. The Hall–Kier alpha value is -8.92. The first-order chi connectivity index (χ1) is 36.2. The second-order valence-corrected chi connectivity index (χ2v) is 21.9. The van der Waals surface area contributed by atoms with Gasteiger partial charge < -0.3 is 4.40 Å². The lowest BCUT2D eigenvalue weighted by atomic mass is 9.67. The molecule has 6 aliphatic carbocycles. The Balaban J connectivity index is 0.998. The van der Waals surface area contributed by atoms with Crippen LogP contribution < -0.4 is 0 Å². The topological polar surface area (TPSA) is 30.2 Å². The number of fused-ring (bicyclic) bond motifs is 34. The van der Waals surface area contributed by atoms with Gasteiger partial charge in [-0.25, -0.2) is 0 Å². The Morgan fingerprint density at radius 2 is 0.548 bits per heavy atom. The molecule has 0 saturated heterocycles. The van der Waals surface area contributed by atoms with Crippen molar-refractivity contribution in [1.29, 1.82) is 0 Å². The van der Waals surface area contributed by atoms with Crippen molar-refractivity contribution in [2.24, 2.45) is 0 Å². The summed E-state index contributed by atoms with van der Waals surface area (Å²) in [5.74, 6) is 0. The Kier molecular flexibility index (Phi) is 6.42. The van der Waals surface area contributed by atoms with Crippen molar-refractivity contribution in [2.75, 3.05) is 0 Å². The van der Waals surface area contributed by atoms with Gasteiger partial charge in [0.1, 0.15) is 0 Å². The molecular formula is C70H41N3. The standard InChI is InChI=1S/C70H41N3/c1-9-28-50-40(18-1)41-19-2-10-29-51(41)67(50)38-69(54-32-13-5-22-44(54)45-23-6-14-33-55(45)69)65-62(67)60-48-26-17-27-49-61-59(73(64(48)49)58(60)36-71-65)37-72-66-63(61)68(52-30-11-3-20-42(52)43-21-4-12-31-53(43)68)39-70(66)56-34-15-7-24-46(56)47-25-8-16-35-57(47)70/h1-37H,38-39H2. The fraction of sp³-hybridized carbons (Fsp3) is 0.0857. The van der Waals surface area contributed by atoms with E-state index in [-0.39, 0.29) is 0 Å². The fourth-order valence-electron chi connectivity index (χ4n) is 17.2. The summed E-state index contributed by atoms with van der Waals surface area (Å²) in [6, 6.07) is 81.0. The number of hydrogen-bond donors (Lipinski definition) is 0. The summed E-state index contributed by atoms with van der Waals surface area (Å²) < 4.78 is 2.58. The van der Waals surface area contributed by atoms with Gasteiger partial charge >= 0.3 is 0 Å². The van der Waals surface area contributed by atoms with E-state index >= 15 is 0 Å². The van der Waals surface area contributed by atoms with Gasteiger partial charge in [-0.3, -0.25) is 9.97 Å². The lowest BCUT2D eigenvalue weighted by Crippen LogP contribution is -2.30. The highest BCUT2D eigenvalue weighted by atomic mass is 15.0. The highest BCUT2D eigenvalue weighted by Crippen LogP contribution is 2.72. The van der Waals surface area contributed by atoms with Gasteiger partial charge in [0.15, 0.2) is 0 Å². The van der Waals surface area contributed by atoms with E-state index in [1.54, 1.807) is 0 Å². The number of rotatable bonds is 0. The molecule has 4 heterocycles. The molecule has 0 bridgehead atoms. The SMILES string of the molecule is c1ccc2c(c1)-c1ccccc1C21CC2(c3ccccc3-c3ccccc32)c2c1ncc1c2c2cccc3c4c5c(ncc4n1c23)C1(CC52c3ccccc3-c3ccccc32)c2ccccc2-c2ccccc21. The van der Waals surface area contributed by atoms with Gasteiger partial charge in [0, 0.05) is 32.7 Å². The molecule has 0 fully saturated rings. The zero-order valence-electron chi connectivity index (χ0n) is 39.6.